The van der Waals surface area contributed by atoms with Gasteiger partial charge in [0.05, 0.1) is 45.0 Å². The van der Waals surface area contributed by atoms with Gasteiger partial charge in [0.1, 0.15) is 0 Å². The summed E-state index contributed by atoms with van der Waals surface area (Å²) in [5.74, 6) is -0.349. The number of aromatic nitrogens is 2. The standard InChI is InChI=1S/C19H17Cl2N3O3S/c1-11(25)9-24-18(27)12-5-2-3-8-15(12)22-19(24)28-10-16(26)23-17-13(20)6-4-7-14(17)21/h2-8,11,25H,9-10H2,1H3,(H,23,26)/t11-/m0/s1. The summed E-state index contributed by atoms with van der Waals surface area (Å²) in [6, 6.07) is 11.9. The van der Waals surface area contributed by atoms with Crippen LogP contribution in [0.4, 0.5) is 5.69 Å². The zero-order valence-electron chi connectivity index (χ0n) is 14.9. The molecular formula is C19H17Cl2N3O3S. The van der Waals surface area contributed by atoms with Crippen LogP contribution < -0.4 is 10.9 Å². The van der Waals surface area contributed by atoms with E-state index in [0.29, 0.717) is 31.8 Å². The maximum Gasteiger partial charge on any atom is 0.262 e. The zero-order valence-corrected chi connectivity index (χ0v) is 17.2. The first-order chi connectivity index (χ1) is 13.4. The molecule has 1 aromatic heterocycles. The molecule has 0 aliphatic heterocycles. The van der Waals surface area contributed by atoms with Crippen molar-refractivity contribution in [2.24, 2.45) is 0 Å². The smallest absolute Gasteiger partial charge is 0.262 e. The Morgan fingerprint density at radius 2 is 1.89 bits per heavy atom. The van der Waals surface area contributed by atoms with E-state index in [1.807, 2.05) is 0 Å². The summed E-state index contributed by atoms with van der Waals surface area (Å²) < 4.78 is 1.38. The molecule has 3 rings (SSSR count). The minimum atomic E-state index is -0.740. The number of nitrogens with one attached hydrogen (secondary N) is 1. The van der Waals surface area contributed by atoms with Crippen LogP contribution >= 0.6 is 35.0 Å². The third-order valence-electron chi connectivity index (χ3n) is 3.83. The minimum Gasteiger partial charge on any atom is -0.392 e. The van der Waals surface area contributed by atoms with Crippen molar-refractivity contribution in [1.29, 1.82) is 0 Å². The number of rotatable bonds is 6. The monoisotopic (exact) mass is 437 g/mol. The lowest BCUT2D eigenvalue weighted by Crippen LogP contribution is -2.28. The number of carbonyl (C=O) groups is 1. The Morgan fingerprint density at radius 3 is 2.57 bits per heavy atom. The predicted molar refractivity (Wildman–Crippen MR) is 113 cm³/mol. The second kappa shape index (κ2) is 8.96. The Hall–Kier alpha value is -2.06. The van der Waals surface area contributed by atoms with Crippen LogP contribution in [0.3, 0.4) is 0 Å². The summed E-state index contributed by atoms with van der Waals surface area (Å²) >= 11 is 13.2. The number of hydrogen-bond acceptors (Lipinski definition) is 5. The number of amides is 1. The molecule has 0 saturated heterocycles. The number of nitrogens with zero attached hydrogens (tertiary/aromatic N) is 2. The van der Waals surface area contributed by atoms with Gasteiger partial charge in [0.25, 0.3) is 5.56 Å². The van der Waals surface area contributed by atoms with Crippen LogP contribution in [0, 0.1) is 0 Å². The van der Waals surface area contributed by atoms with E-state index in [1.54, 1.807) is 49.4 Å². The number of aliphatic hydroxyl groups is 1. The molecule has 0 aliphatic carbocycles. The molecule has 1 atom stereocenters. The van der Waals surface area contributed by atoms with Crippen molar-refractivity contribution < 1.29 is 9.90 Å². The number of thioether (sulfide) groups is 1. The molecule has 1 amide bonds. The molecule has 0 bridgehead atoms. The SMILES string of the molecule is C[C@H](O)Cn1c(SCC(=O)Nc2c(Cl)cccc2Cl)nc2ccccc2c1=O. The summed E-state index contributed by atoms with van der Waals surface area (Å²) in [6.45, 7) is 1.67. The van der Waals surface area contributed by atoms with E-state index in [4.69, 9.17) is 23.2 Å². The molecule has 28 heavy (non-hydrogen) atoms. The number of benzene rings is 2. The van der Waals surface area contributed by atoms with Gasteiger partial charge in [-0.3, -0.25) is 14.2 Å². The fourth-order valence-corrected chi connectivity index (χ4v) is 3.91. The Morgan fingerprint density at radius 1 is 1.21 bits per heavy atom. The lowest BCUT2D eigenvalue weighted by molar-refractivity contribution is -0.113. The van der Waals surface area contributed by atoms with Crippen LogP contribution in [-0.4, -0.2) is 32.4 Å². The number of aliphatic hydroxyl groups excluding tert-OH is 1. The molecule has 0 spiro atoms. The summed E-state index contributed by atoms with van der Waals surface area (Å²) in [7, 11) is 0. The Balaban J connectivity index is 1.85. The van der Waals surface area contributed by atoms with Gasteiger partial charge in [0, 0.05) is 0 Å². The molecule has 6 nitrogen and oxygen atoms in total. The molecule has 3 aromatic rings. The van der Waals surface area contributed by atoms with E-state index in [0.717, 1.165) is 11.8 Å². The number of halogens is 2. The van der Waals surface area contributed by atoms with Crippen molar-refractivity contribution in [3.8, 4) is 0 Å². The van der Waals surface area contributed by atoms with Gasteiger partial charge in [-0.2, -0.15) is 0 Å². The van der Waals surface area contributed by atoms with E-state index in [9.17, 15) is 14.7 Å². The van der Waals surface area contributed by atoms with E-state index < -0.39 is 6.10 Å². The maximum atomic E-state index is 12.8. The number of fused-ring (bicyclic) bond motifs is 1. The Kier molecular flexibility index (Phi) is 6.61. The summed E-state index contributed by atoms with van der Waals surface area (Å²) in [4.78, 5) is 29.6. The number of carbonyl (C=O) groups excluding carboxylic acids is 1. The number of anilines is 1. The van der Waals surface area contributed by atoms with E-state index in [2.05, 4.69) is 10.3 Å². The van der Waals surface area contributed by atoms with Crippen molar-refractivity contribution in [2.75, 3.05) is 11.1 Å². The maximum absolute atomic E-state index is 12.8. The van der Waals surface area contributed by atoms with Gasteiger partial charge in [0.15, 0.2) is 5.16 Å². The molecule has 9 heteroatoms. The van der Waals surface area contributed by atoms with Gasteiger partial charge in [-0.15, -0.1) is 0 Å². The largest absolute Gasteiger partial charge is 0.392 e. The highest BCUT2D eigenvalue weighted by Gasteiger charge is 2.16. The fourth-order valence-electron chi connectivity index (χ4n) is 2.61. The van der Waals surface area contributed by atoms with E-state index >= 15 is 0 Å². The van der Waals surface area contributed by atoms with Crippen molar-refractivity contribution in [1.82, 2.24) is 9.55 Å². The third kappa shape index (κ3) is 4.67. The highest BCUT2D eigenvalue weighted by molar-refractivity contribution is 7.99. The topological polar surface area (TPSA) is 84.2 Å². The summed E-state index contributed by atoms with van der Waals surface area (Å²) in [6.07, 6.45) is -0.740. The van der Waals surface area contributed by atoms with Crippen LogP contribution in [0.2, 0.25) is 10.0 Å². The Labute approximate surface area is 175 Å². The lowest BCUT2D eigenvalue weighted by Gasteiger charge is -2.14. The van der Waals surface area contributed by atoms with Crippen LogP contribution in [-0.2, 0) is 11.3 Å². The predicted octanol–water partition coefficient (Wildman–Crippen LogP) is 3.81. The first-order valence-corrected chi connectivity index (χ1v) is 10.1. The van der Waals surface area contributed by atoms with Crippen molar-refractivity contribution in [3.05, 3.63) is 62.9 Å². The average Bonchev–Trinajstić information content (AvgIpc) is 2.65. The molecule has 0 radical (unpaired) electrons. The lowest BCUT2D eigenvalue weighted by atomic mass is 10.2. The number of para-hydroxylation sites is 2. The summed E-state index contributed by atoms with van der Waals surface area (Å²) in [5, 5.41) is 13.9. The first kappa shape index (κ1) is 20.7. The van der Waals surface area contributed by atoms with Gasteiger partial charge >= 0.3 is 0 Å². The summed E-state index contributed by atoms with van der Waals surface area (Å²) in [5.41, 5.74) is 0.610. The Bertz CT molecular complexity index is 1070. The quantitative estimate of drug-likeness (QED) is 0.452. The first-order valence-electron chi connectivity index (χ1n) is 8.41. The van der Waals surface area contributed by atoms with E-state index in [-0.39, 0.29) is 23.8 Å². The molecule has 2 N–H and O–H groups in total. The molecule has 0 unspecified atom stereocenters. The minimum absolute atomic E-state index is 0.00780. The normalized spacial score (nSPS) is 12.1. The van der Waals surface area contributed by atoms with Crippen LogP contribution in [0.25, 0.3) is 10.9 Å². The van der Waals surface area contributed by atoms with Gasteiger partial charge in [-0.05, 0) is 31.2 Å². The molecule has 146 valence electrons. The molecule has 0 saturated carbocycles. The third-order valence-corrected chi connectivity index (χ3v) is 5.44. The highest BCUT2D eigenvalue weighted by Crippen LogP contribution is 2.30. The second-order valence-corrected chi connectivity index (χ2v) is 7.87. The second-order valence-electron chi connectivity index (χ2n) is 6.11. The average molecular weight is 438 g/mol. The van der Waals surface area contributed by atoms with Crippen LogP contribution in [0.5, 0.6) is 0 Å². The van der Waals surface area contributed by atoms with Gasteiger partial charge in [-0.1, -0.05) is 53.2 Å². The highest BCUT2D eigenvalue weighted by atomic mass is 35.5. The van der Waals surface area contributed by atoms with Crippen molar-refractivity contribution >= 4 is 57.5 Å². The molecule has 2 aromatic carbocycles. The van der Waals surface area contributed by atoms with Gasteiger partial charge in [-0.25, -0.2) is 4.98 Å². The fraction of sp³-hybridized carbons (Fsp3) is 0.211. The van der Waals surface area contributed by atoms with Crippen molar-refractivity contribution in [2.45, 2.75) is 24.7 Å². The molecule has 1 heterocycles. The molecular weight excluding hydrogens is 421 g/mol. The molecule has 0 fully saturated rings. The number of hydrogen-bond donors (Lipinski definition) is 2. The zero-order chi connectivity index (χ0) is 20.3. The van der Waals surface area contributed by atoms with Crippen molar-refractivity contribution in [3.63, 3.8) is 0 Å². The van der Waals surface area contributed by atoms with Crippen LogP contribution in [0.15, 0.2) is 52.4 Å². The molecule has 0 aliphatic rings. The van der Waals surface area contributed by atoms with Crippen LogP contribution in [0.1, 0.15) is 6.92 Å². The van der Waals surface area contributed by atoms with E-state index in [1.165, 1.54) is 4.57 Å². The van der Waals surface area contributed by atoms with Gasteiger partial charge in [0.2, 0.25) is 5.91 Å². The van der Waals surface area contributed by atoms with Gasteiger partial charge < -0.3 is 10.4 Å².